The van der Waals surface area contributed by atoms with Crippen LogP contribution < -0.4 is 4.90 Å². The predicted molar refractivity (Wildman–Crippen MR) is 75.0 cm³/mol. The molecule has 4 rings (SSSR count). The maximum Gasteiger partial charge on any atom is 0.164 e. The molecule has 4 nitrogen and oxygen atoms in total. The number of aromatic nitrogens is 3. The van der Waals surface area contributed by atoms with Gasteiger partial charge in [0.1, 0.15) is 12.1 Å². The highest BCUT2D eigenvalue weighted by molar-refractivity contribution is 5.87. The van der Waals surface area contributed by atoms with Gasteiger partial charge in [-0.3, -0.25) is 0 Å². The van der Waals surface area contributed by atoms with E-state index in [2.05, 4.69) is 32.5 Å². The Kier molecular flexibility index (Phi) is 2.31. The van der Waals surface area contributed by atoms with Crippen molar-refractivity contribution in [1.82, 2.24) is 15.0 Å². The fourth-order valence-electron chi connectivity index (χ4n) is 3.55. The van der Waals surface area contributed by atoms with E-state index in [0.29, 0.717) is 12.1 Å². The number of rotatable bonds is 1. The average molecular weight is 252 g/mol. The van der Waals surface area contributed by atoms with Crippen LogP contribution in [-0.2, 0) is 0 Å². The fourth-order valence-corrected chi connectivity index (χ4v) is 3.55. The third kappa shape index (κ3) is 1.63. The van der Waals surface area contributed by atoms with E-state index in [0.717, 1.165) is 29.7 Å². The largest absolute Gasteiger partial charge is 0.349 e. The number of piperidine rings is 1. The Labute approximate surface area is 112 Å². The molecule has 2 saturated heterocycles. The van der Waals surface area contributed by atoms with Crippen LogP contribution in [0.3, 0.4) is 0 Å². The lowest BCUT2D eigenvalue weighted by atomic mass is 9.98. The van der Waals surface area contributed by atoms with E-state index >= 15 is 0 Å². The van der Waals surface area contributed by atoms with E-state index < -0.39 is 0 Å². The molecule has 0 N–H and O–H groups in total. The Hall–Kier alpha value is -1.97. The first kappa shape index (κ1) is 10.9. The van der Waals surface area contributed by atoms with Crippen molar-refractivity contribution in [1.29, 1.82) is 0 Å². The van der Waals surface area contributed by atoms with Crippen LogP contribution in [-0.4, -0.2) is 27.0 Å². The monoisotopic (exact) mass is 252 g/mol. The van der Waals surface area contributed by atoms with Crippen LogP contribution in [0, 0.1) is 0 Å². The molecule has 2 aliphatic heterocycles. The molecule has 4 heterocycles. The van der Waals surface area contributed by atoms with Gasteiger partial charge in [0.15, 0.2) is 5.65 Å². The van der Waals surface area contributed by atoms with Crippen LogP contribution >= 0.6 is 0 Å². The van der Waals surface area contributed by atoms with Gasteiger partial charge in [-0.15, -0.1) is 0 Å². The summed E-state index contributed by atoms with van der Waals surface area (Å²) in [4.78, 5) is 15.6. The van der Waals surface area contributed by atoms with Crippen LogP contribution in [0.15, 0.2) is 36.8 Å². The predicted octanol–water partition coefficient (Wildman–Crippen LogP) is 2.71. The summed E-state index contributed by atoms with van der Waals surface area (Å²) < 4.78 is 0. The molecule has 2 aromatic heterocycles. The second kappa shape index (κ2) is 4.02. The molecule has 0 aliphatic carbocycles. The van der Waals surface area contributed by atoms with Gasteiger partial charge in [0.2, 0.25) is 0 Å². The summed E-state index contributed by atoms with van der Waals surface area (Å²) in [6.45, 7) is 4.17. The van der Waals surface area contributed by atoms with Crippen LogP contribution in [0.4, 0.5) is 5.82 Å². The Bertz CT molecular complexity index is 630. The van der Waals surface area contributed by atoms with Gasteiger partial charge in [-0.05, 0) is 37.8 Å². The van der Waals surface area contributed by atoms with E-state index in [1.165, 1.54) is 18.4 Å². The van der Waals surface area contributed by atoms with Gasteiger partial charge in [0.25, 0.3) is 0 Å². The van der Waals surface area contributed by atoms with Gasteiger partial charge < -0.3 is 4.90 Å². The van der Waals surface area contributed by atoms with Crippen LogP contribution in [0.25, 0.3) is 11.0 Å². The molecule has 4 heteroatoms. The summed E-state index contributed by atoms with van der Waals surface area (Å²) in [5.41, 5.74) is 2.18. The summed E-state index contributed by atoms with van der Waals surface area (Å²) in [7, 11) is 0. The number of hydrogen-bond acceptors (Lipinski definition) is 4. The van der Waals surface area contributed by atoms with Crippen molar-refractivity contribution in [2.24, 2.45) is 0 Å². The zero-order chi connectivity index (χ0) is 12.8. The van der Waals surface area contributed by atoms with Crippen molar-refractivity contribution in [3.8, 4) is 0 Å². The number of hydrogen-bond donors (Lipinski definition) is 0. The van der Waals surface area contributed by atoms with Crippen molar-refractivity contribution in [2.45, 2.75) is 37.8 Å². The molecule has 2 aliphatic rings. The van der Waals surface area contributed by atoms with E-state index in [1.54, 1.807) is 12.5 Å². The van der Waals surface area contributed by atoms with Crippen molar-refractivity contribution >= 4 is 16.9 Å². The molecule has 19 heavy (non-hydrogen) atoms. The molecule has 0 saturated carbocycles. The molecule has 96 valence electrons. The van der Waals surface area contributed by atoms with Crippen molar-refractivity contribution in [3.05, 3.63) is 36.8 Å². The van der Waals surface area contributed by atoms with Gasteiger partial charge in [-0.2, -0.15) is 0 Å². The van der Waals surface area contributed by atoms with Crippen molar-refractivity contribution in [2.75, 3.05) is 4.90 Å². The number of fused-ring (bicyclic) bond motifs is 3. The zero-order valence-electron chi connectivity index (χ0n) is 10.8. The van der Waals surface area contributed by atoms with E-state index in [-0.39, 0.29) is 0 Å². The summed E-state index contributed by atoms with van der Waals surface area (Å²) in [5.74, 6) is 1.05. The lowest BCUT2D eigenvalue weighted by molar-refractivity contribution is 0.547. The highest BCUT2D eigenvalue weighted by atomic mass is 15.3. The van der Waals surface area contributed by atoms with Crippen molar-refractivity contribution in [3.63, 3.8) is 0 Å². The average Bonchev–Trinajstić information content (AvgIpc) is 2.70. The Morgan fingerprint density at radius 1 is 1.11 bits per heavy atom. The second-order valence-corrected chi connectivity index (χ2v) is 5.52. The lowest BCUT2D eigenvalue weighted by Gasteiger charge is -2.37. The maximum atomic E-state index is 4.54. The van der Waals surface area contributed by atoms with E-state index in [9.17, 15) is 0 Å². The topological polar surface area (TPSA) is 41.9 Å². The Balaban J connectivity index is 1.85. The smallest absolute Gasteiger partial charge is 0.164 e. The molecule has 2 atom stereocenters. The molecule has 2 aromatic rings. The minimum absolute atomic E-state index is 0.560. The van der Waals surface area contributed by atoms with Crippen molar-refractivity contribution < 1.29 is 0 Å². The normalized spacial score (nSPS) is 26.1. The van der Waals surface area contributed by atoms with E-state index in [4.69, 9.17) is 0 Å². The molecular formula is C15H16N4. The minimum Gasteiger partial charge on any atom is -0.349 e. The van der Waals surface area contributed by atoms with E-state index in [1.807, 2.05) is 6.07 Å². The highest BCUT2D eigenvalue weighted by Gasteiger charge is 2.39. The van der Waals surface area contributed by atoms with Gasteiger partial charge in [-0.1, -0.05) is 12.2 Å². The Morgan fingerprint density at radius 3 is 2.68 bits per heavy atom. The van der Waals surface area contributed by atoms with Crippen LogP contribution in [0.1, 0.15) is 25.7 Å². The Morgan fingerprint density at radius 2 is 1.89 bits per heavy atom. The zero-order valence-corrected chi connectivity index (χ0v) is 10.8. The number of pyridine rings is 1. The third-order valence-electron chi connectivity index (χ3n) is 4.30. The highest BCUT2D eigenvalue weighted by Crippen LogP contribution is 2.41. The van der Waals surface area contributed by atoms with Gasteiger partial charge >= 0.3 is 0 Å². The fraction of sp³-hybridized carbons (Fsp3) is 0.400. The number of anilines is 1. The van der Waals surface area contributed by atoms with Crippen LogP contribution in [0.5, 0.6) is 0 Å². The summed E-state index contributed by atoms with van der Waals surface area (Å²) in [6, 6.07) is 5.15. The van der Waals surface area contributed by atoms with Gasteiger partial charge in [0, 0.05) is 18.3 Å². The molecule has 0 aromatic carbocycles. The molecule has 2 fully saturated rings. The molecule has 2 bridgehead atoms. The summed E-state index contributed by atoms with van der Waals surface area (Å²) in [6.07, 6.45) is 8.11. The summed E-state index contributed by atoms with van der Waals surface area (Å²) in [5, 5.41) is 1.06. The lowest BCUT2D eigenvalue weighted by Crippen LogP contribution is -2.41. The minimum atomic E-state index is 0.560. The first-order chi connectivity index (χ1) is 9.33. The molecular weight excluding hydrogens is 236 g/mol. The maximum absolute atomic E-state index is 4.54. The third-order valence-corrected chi connectivity index (χ3v) is 4.30. The first-order valence-corrected chi connectivity index (χ1v) is 6.83. The molecule has 0 radical (unpaired) electrons. The standard InChI is InChI=1S/C15H16N4/c1-10-7-11-4-5-12(8-10)19(11)15-13-3-2-6-16-14(13)17-9-18-15/h2-3,6,9,11-12H,1,4-5,7-8H2. The van der Waals surface area contributed by atoms with Gasteiger partial charge in [0.05, 0.1) is 5.39 Å². The molecule has 0 amide bonds. The van der Waals surface area contributed by atoms with Gasteiger partial charge in [-0.25, -0.2) is 15.0 Å². The quantitative estimate of drug-likeness (QED) is 0.732. The van der Waals surface area contributed by atoms with Crippen LogP contribution in [0.2, 0.25) is 0 Å². The molecule has 2 unspecified atom stereocenters. The number of nitrogens with zero attached hydrogens (tertiary/aromatic N) is 4. The second-order valence-electron chi connectivity index (χ2n) is 5.52. The first-order valence-electron chi connectivity index (χ1n) is 6.83. The molecule has 0 spiro atoms. The summed E-state index contributed by atoms with van der Waals surface area (Å²) >= 11 is 0. The SMILES string of the molecule is C=C1CC2CCC(C1)N2c1ncnc2ncccc12.